The van der Waals surface area contributed by atoms with Crippen LogP contribution in [0, 0.1) is 5.82 Å². The lowest BCUT2D eigenvalue weighted by atomic mass is 10.1. The third kappa shape index (κ3) is 5.37. The second-order valence-electron chi connectivity index (χ2n) is 6.49. The Labute approximate surface area is 193 Å². The minimum absolute atomic E-state index is 0.0148. The Morgan fingerprint density at radius 2 is 1.66 bits per heavy atom. The topological polar surface area (TPSA) is 104 Å². The van der Waals surface area contributed by atoms with E-state index in [1.807, 2.05) is 0 Å². The fourth-order valence-corrected chi connectivity index (χ4v) is 4.55. The van der Waals surface area contributed by atoms with Crippen LogP contribution in [0.3, 0.4) is 0 Å². The number of hydrogen-bond donors (Lipinski definition) is 3. The predicted molar refractivity (Wildman–Crippen MR) is 121 cm³/mol. The summed E-state index contributed by atoms with van der Waals surface area (Å²) in [4.78, 5) is 24.1. The molecule has 0 aliphatic rings. The van der Waals surface area contributed by atoms with Crippen LogP contribution in [-0.4, -0.2) is 27.3 Å². The van der Waals surface area contributed by atoms with E-state index in [-0.39, 0.29) is 37.4 Å². The molecule has 3 N–H and O–H groups in total. The lowest BCUT2D eigenvalue weighted by molar-refractivity contribution is 0.0957. The van der Waals surface area contributed by atoms with Gasteiger partial charge in [0.1, 0.15) is 10.7 Å². The number of anilines is 2. The van der Waals surface area contributed by atoms with E-state index in [1.165, 1.54) is 61.6 Å². The van der Waals surface area contributed by atoms with Crippen LogP contribution in [-0.2, 0) is 10.0 Å². The van der Waals surface area contributed by atoms with Crippen molar-refractivity contribution >= 4 is 56.4 Å². The summed E-state index contributed by atoms with van der Waals surface area (Å²) in [6.07, 6.45) is 0. The van der Waals surface area contributed by atoms with Gasteiger partial charge in [0.2, 0.25) is 0 Å². The first-order chi connectivity index (χ1) is 15.1. The lowest BCUT2D eigenvalue weighted by Crippen LogP contribution is -2.20. The van der Waals surface area contributed by atoms with E-state index in [1.54, 1.807) is 0 Å². The Balaban J connectivity index is 1.82. The van der Waals surface area contributed by atoms with Crippen LogP contribution in [0.5, 0.6) is 0 Å². The maximum Gasteiger partial charge on any atom is 0.263 e. The first kappa shape index (κ1) is 23.5. The molecule has 0 aromatic heterocycles. The highest BCUT2D eigenvalue weighted by molar-refractivity contribution is 7.92. The van der Waals surface area contributed by atoms with E-state index in [9.17, 15) is 22.4 Å². The van der Waals surface area contributed by atoms with Crippen molar-refractivity contribution in [1.29, 1.82) is 0 Å². The third-order valence-corrected chi connectivity index (χ3v) is 6.35. The van der Waals surface area contributed by atoms with Gasteiger partial charge >= 0.3 is 0 Å². The monoisotopic (exact) mass is 495 g/mol. The maximum atomic E-state index is 13.8. The number of nitrogens with one attached hydrogen (secondary N) is 3. The van der Waals surface area contributed by atoms with E-state index in [4.69, 9.17) is 23.2 Å². The van der Waals surface area contributed by atoms with Crippen LogP contribution in [0.1, 0.15) is 20.7 Å². The minimum atomic E-state index is -4.07. The molecule has 166 valence electrons. The average Bonchev–Trinajstić information content (AvgIpc) is 2.76. The Kier molecular flexibility index (Phi) is 7.02. The van der Waals surface area contributed by atoms with E-state index in [2.05, 4.69) is 15.4 Å². The summed E-state index contributed by atoms with van der Waals surface area (Å²) in [5, 5.41) is 5.03. The number of carbonyl (C=O) groups is 2. The highest BCUT2D eigenvalue weighted by Gasteiger charge is 2.19. The number of sulfonamides is 1. The zero-order valence-corrected chi connectivity index (χ0v) is 18.8. The normalized spacial score (nSPS) is 11.0. The molecule has 0 aliphatic carbocycles. The second kappa shape index (κ2) is 9.56. The average molecular weight is 496 g/mol. The van der Waals surface area contributed by atoms with Gasteiger partial charge in [0.05, 0.1) is 10.6 Å². The third-order valence-electron chi connectivity index (χ3n) is 4.26. The molecule has 32 heavy (non-hydrogen) atoms. The van der Waals surface area contributed by atoms with Crippen LogP contribution >= 0.6 is 23.2 Å². The summed E-state index contributed by atoms with van der Waals surface area (Å²) in [5.41, 5.74) is 0.184. The van der Waals surface area contributed by atoms with Gasteiger partial charge in [-0.3, -0.25) is 14.3 Å². The van der Waals surface area contributed by atoms with Gasteiger partial charge in [0.25, 0.3) is 21.8 Å². The SMILES string of the molecule is CNC(=O)c1cc(NC(=O)c2cccc(NS(=O)(=O)c3cc(Cl)ccc3Cl)c2)ccc1F. The molecule has 0 saturated carbocycles. The van der Waals surface area contributed by atoms with E-state index in [0.717, 1.165) is 6.07 Å². The summed E-state index contributed by atoms with van der Waals surface area (Å²) >= 11 is 11.8. The first-order valence-corrected chi connectivity index (χ1v) is 11.3. The van der Waals surface area contributed by atoms with Gasteiger partial charge in [-0.15, -0.1) is 0 Å². The summed E-state index contributed by atoms with van der Waals surface area (Å²) in [7, 11) is -2.72. The van der Waals surface area contributed by atoms with Crippen LogP contribution < -0.4 is 15.4 Å². The van der Waals surface area contributed by atoms with Crippen molar-refractivity contribution in [1.82, 2.24) is 5.32 Å². The minimum Gasteiger partial charge on any atom is -0.355 e. The van der Waals surface area contributed by atoms with Crippen LogP contribution in [0.2, 0.25) is 10.0 Å². The zero-order chi connectivity index (χ0) is 23.5. The fourth-order valence-electron chi connectivity index (χ4n) is 2.73. The van der Waals surface area contributed by atoms with Crippen LogP contribution in [0.25, 0.3) is 0 Å². The van der Waals surface area contributed by atoms with Gasteiger partial charge in [0.15, 0.2) is 0 Å². The molecule has 0 saturated heterocycles. The van der Waals surface area contributed by atoms with Gasteiger partial charge in [-0.25, -0.2) is 12.8 Å². The van der Waals surface area contributed by atoms with E-state index >= 15 is 0 Å². The van der Waals surface area contributed by atoms with Gasteiger partial charge in [0, 0.05) is 29.0 Å². The maximum absolute atomic E-state index is 13.8. The quantitative estimate of drug-likeness (QED) is 0.466. The van der Waals surface area contributed by atoms with Crippen LogP contribution in [0.15, 0.2) is 65.6 Å². The van der Waals surface area contributed by atoms with Crippen molar-refractivity contribution in [3.8, 4) is 0 Å². The molecule has 2 amide bonds. The number of rotatable bonds is 6. The highest BCUT2D eigenvalue weighted by Crippen LogP contribution is 2.27. The number of amides is 2. The molecule has 3 aromatic carbocycles. The molecular formula is C21H16Cl2FN3O4S. The second-order valence-corrected chi connectivity index (χ2v) is 8.98. The largest absolute Gasteiger partial charge is 0.355 e. The fraction of sp³-hybridized carbons (Fsp3) is 0.0476. The Morgan fingerprint density at radius 3 is 2.38 bits per heavy atom. The molecule has 0 heterocycles. The Hall–Kier alpha value is -3.14. The Bertz CT molecular complexity index is 1320. The Morgan fingerprint density at radius 1 is 0.906 bits per heavy atom. The molecule has 0 unspecified atom stereocenters. The summed E-state index contributed by atoms with van der Waals surface area (Å²) in [5.74, 6) is -1.98. The van der Waals surface area contributed by atoms with Gasteiger partial charge in [-0.05, 0) is 54.6 Å². The van der Waals surface area contributed by atoms with Crippen molar-refractivity contribution < 1.29 is 22.4 Å². The van der Waals surface area contributed by atoms with Crippen molar-refractivity contribution in [2.75, 3.05) is 17.1 Å². The summed E-state index contributed by atoms with van der Waals surface area (Å²) in [6.45, 7) is 0. The molecular weight excluding hydrogens is 480 g/mol. The van der Waals surface area contributed by atoms with Gasteiger partial charge < -0.3 is 10.6 Å². The first-order valence-electron chi connectivity index (χ1n) is 9.01. The molecule has 0 radical (unpaired) electrons. The molecule has 0 bridgehead atoms. The smallest absolute Gasteiger partial charge is 0.263 e. The zero-order valence-electron chi connectivity index (χ0n) is 16.4. The molecule has 3 rings (SSSR count). The molecule has 0 aliphatic heterocycles. The van der Waals surface area contributed by atoms with Crippen LogP contribution in [0.4, 0.5) is 15.8 Å². The molecule has 3 aromatic rings. The predicted octanol–water partition coefficient (Wildman–Crippen LogP) is 4.55. The molecule has 11 heteroatoms. The van der Waals surface area contributed by atoms with Crippen molar-refractivity contribution in [2.45, 2.75) is 4.90 Å². The standard InChI is InChI=1S/C21H16Cl2FN3O4S/c1-25-21(29)16-11-14(6-8-18(16)24)26-20(28)12-3-2-4-15(9-12)27-32(30,31)19-10-13(22)5-7-17(19)23/h2-11,27H,1H3,(H,25,29)(H,26,28). The van der Waals surface area contributed by atoms with E-state index in [0.29, 0.717) is 0 Å². The van der Waals surface area contributed by atoms with Gasteiger partial charge in [-0.2, -0.15) is 0 Å². The lowest BCUT2D eigenvalue weighted by Gasteiger charge is -2.12. The highest BCUT2D eigenvalue weighted by atomic mass is 35.5. The van der Waals surface area contributed by atoms with Crippen molar-refractivity contribution in [3.05, 3.63) is 87.7 Å². The van der Waals surface area contributed by atoms with E-state index < -0.39 is 27.7 Å². The summed E-state index contributed by atoms with van der Waals surface area (Å²) < 4.78 is 41.5. The number of halogens is 3. The number of carbonyl (C=O) groups excluding carboxylic acids is 2. The summed E-state index contributed by atoms with van der Waals surface area (Å²) in [6, 6.07) is 13.3. The van der Waals surface area contributed by atoms with Crippen molar-refractivity contribution in [2.24, 2.45) is 0 Å². The van der Waals surface area contributed by atoms with Crippen molar-refractivity contribution in [3.63, 3.8) is 0 Å². The molecule has 7 nitrogen and oxygen atoms in total. The van der Waals surface area contributed by atoms with Gasteiger partial charge in [-0.1, -0.05) is 29.3 Å². The molecule has 0 atom stereocenters. The molecule has 0 fully saturated rings. The number of benzene rings is 3. The molecule has 0 spiro atoms. The number of hydrogen-bond acceptors (Lipinski definition) is 4.